The molecule has 0 unspecified atom stereocenters. The lowest BCUT2D eigenvalue weighted by atomic mass is 10.0. The molecule has 21 heavy (non-hydrogen) atoms. The van der Waals surface area contributed by atoms with Crippen molar-refractivity contribution in [2.75, 3.05) is 5.32 Å². The van der Waals surface area contributed by atoms with Crippen LogP contribution in [0.5, 0.6) is 0 Å². The molecule has 0 bridgehead atoms. The zero-order chi connectivity index (χ0) is 15.2. The molecule has 0 aliphatic carbocycles. The average Bonchev–Trinajstić information content (AvgIpc) is 3.10. The van der Waals surface area contributed by atoms with Gasteiger partial charge in [0.15, 0.2) is 5.13 Å². The summed E-state index contributed by atoms with van der Waals surface area (Å²) in [6.07, 6.45) is 2.17. The smallest absolute Gasteiger partial charge is 0.271 e. The number of carbonyl (C=O) groups is 2. The van der Waals surface area contributed by atoms with Crippen LogP contribution < -0.4 is 10.6 Å². The quantitative estimate of drug-likeness (QED) is 0.854. The third-order valence-corrected chi connectivity index (χ3v) is 3.93. The summed E-state index contributed by atoms with van der Waals surface area (Å²) < 4.78 is 0. The van der Waals surface area contributed by atoms with E-state index >= 15 is 0 Å². The fourth-order valence-electron chi connectivity index (χ4n) is 1.74. The van der Waals surface area contributed by atoms with Gasteiger partial charge in [-0.3, -0.25) is 9.59 Å². The molecular weight excluding hydrogens is 308 g/mol. The van der Waals surface area contributed by atoms with Crippen LogP contribution in [0.25, 0.3) is 0 Å². The van der Waals surface area contributed by atoms with Crippen LogP contribution in [0.1, 0.15) is 30.8 Å². The van der Waals surface area contributed by atoms with Gasteiger partial charge in [-0.25, -0.2) is 9.97 Å². The number of hydrogen-bond donors (Lipinski definition) is 2. The Morgan fingerprint density at radius 2 is 2.14 bits per heavy atom. The van der Waals surface area contributed by atoms with Crippen LogP contribution in [-0.4, -0.2) is 27.8 Å². The molecule has 2 rings (SSSR count). The molecule has 0 fully saturated rings. The van der Waals surface area contributed by atoms with Crippen LogP contribution in [0.4, 0.5) is 5.13 Å². The fourth-order valence-corrected chi connectivity index (χ4v) is 2.80. The molecule has 0 aliphatic rings. The van der Waals surface area contributed by atoms with Crippen molar-refractivity contribution in [3.63, 3.8) is 0 Å². The van der Waals surface area contributed by atoms with Crippen molar-refractivity contribution in [3.05, 3.63) is 28.2 Å². The van der Waals surface area contributed by atoms with E-state index in [-0.39, 0.29) is 17.7 Å². The SMILES string of the molecule is CC(C)C[C@H](NC(=O)c1cscn1)C(=O)Nc1nccs1. The summed E-state index contributed by atoms with van der Waals surface area (Å²) in [7, 11) is 0. The first kappa shape index (κ1) is 15.6. The third-order valence-electron chi connectivity index (χ3n) is 2.66. The van der Waals surface area contributed by atoms with Gasteiger partial charge >= 0.3 is 0 Å². The van der Waals surface area contributed by atoms with Crippen molar-refractivity contribution < 1.29 is 9.59 Å². The minimum Gasteiger partial charge on any atom is -0.339 e. The lowest BCUT2D eigenvalue weighted by Crippen LogP contribution is -2.44. The molecule has 2 N–H and O–H groups in total. The number of aromatic nitrogens is 2. The highest BCUT2D eigenvalue weighted by Crippen LogP contribution is 2.13. The Hall–Kier alpha value is -1.80. The maximum absolute atomic E-state index is 12.3. The molecule has 2 heterocycles. The van der Waals surface area contributed by atoms with E-state index in [0.29, 0.717) is 17.2 Å². The minimum absolute atomic E-state index is 0.262. The van der Waals surface area contributed by atoms with Gasteiger partial charge in [-0.1, -0.05) is 13.8 Å². The largest absolute Gasteiger partial charge is 0.339 e. The summed E-state index contributed by atoms with van der Waals surface area (Å²) >= 11 is 2.68. The molecular formula is C13H16N4O2S2. The number of rotatable bonds is 6. The normalized spacial score (nSPS) is 12.1. The maximum Gasteiger partial charge on any atom is 0.271 e. The highest BCUT2D eigenvalue weighted by atomic mass is 32.1. The van der Waals surface area contributed by atoms with Crippen molar-refractivity contribution in [1.29, 1.82) is 0 Å². The van der Waals surface area contributed by atoms with E-state index in [9.17, 15) is 9.59 Å². The molecule has 0 saturated heterocycles. The molecule has 0 radical (unpaired) electrons. The highest BCUT2D eigenvalue weighted by molar-refractivity contribution is 7.13. The standard InChI is InChI=1S/C13H16N4O2S2/c1-8(2)5-9(11(18)17-13-14-3-4-21-13)16-12(19)10-6-20-7-15-10/h3-4,6-9H,5H2,1-2H3,(H,16,19)(H,14,17,18)/t9-/m0/s1. The first-order chi connectivity index (χ1) is 10.1. The van der Waals surface area contributed by atoms with Gasteiger partial charge in [0.05, 0.1) is 5.51 Å². The van der Waals surface area contributed by atoms with Crippen molar-refractivity contribution in [2.45, 2.75) is 26.3 Å². The highest BCUT2D eigenvalue weighted by Gasteiger charge is 2.23. The second-order valence-electron chi connectivity index (χ2n) is 4.86. The van der Waals surface area contributed by atoms with E-state index in [2.05, 4.69) is 20.6 Å². The zero-order valence-corrected chi connectivity index (χ0v) is 13.3. The van der Waals surface area contributed by atoms with E-state index in [1.165, 1.54) is 22.7 Å². The van der Waals surface area contributed by atoms with Gasteiger partial charge in [-0.2, -0.15) is 0 Å². The molecule has 2 aromatic heterocycles. The van der Waals surface area contributed by atoms with E-state index in [1.807, 2.05) is 13.8 Å². The Balaban J connectivity index is 2.03. The first-order valence-electron chi connectivity index (χ1n) is 6.45. The number of anilines is 1. The van der Waals surface area contributed by atoms with Crippen LogP contribution in [0.2, 0.25) is 0 Å². The predicted molar refractivity (Wildman–Crippen MR) is 83.6 cm³/mol. The molecule has 112 valence electrons. The summed E-state index contributed by atoms with van der Waals surface area (Å²) in [5, 5.41) is 9.40. The first-order valence-corrected chi connectivity index (χ1v) is 8.28. The number of thiazole rings is 2. The van der Waals surface area contributed by atoms with Crippen LogP contribution in [0.3, 0.4) is 0 Å². The number of amides is 2. The van der Waals surface area contributed by atoms with E-state index in [4.69, 9.17) is 0 Å². The van der Waals surface area contributed by atoms with Crippen molar-refractivity contribution in [3.8, 4) is 0 Å². The molecule has 2 aromatic rings. The van der Waals surface area contributed by atoms with Crippen molar-refractivity contribution in [2.24, 2.45) is 5.92 Å². The van der Waals surface area contributed by atoms with E-state index in [0.717, 1.165) is 0 Å². The van der Waals surface area contributed by atoms with Gasteiger partial charge in [0.1, 0.15) is 11.7 Å². The third kappa shape index (κ3) is 4.61. The molecule has 0 spiro atoms. The molecule has 8 heteroatoms. The molecule has 0 aliphatic heterocycles. The Bertz CT molecular complexity index is 581. The summed E-state index contributed by atoms with van der Waals surface area (Å²) in [6, 6.07) is -0.608. The van der Waals surface area contributed by atoms with E-state index < -0.39 is 6.04 Å². The Morgan fingerprint density at radius 3 is 2.71 bits per heavy atom. The van der Waals surface area contributed by atoms with Gasteiger partial charge < -0.3 is 10.6 Å². The van der Waals surface area contributed by atoms with Gasteiger partial charge in [0.25, 0.3) is 5.91 Å². The average molecular weight is 324 g/mol. The van der Waals surface area contributed by atoms with E-state index in [1.54, 1.807) is 22.5 Å². The topological polar surface area (TPSA) is 84.0 Å². The summed E-state index contributed by atoms with van der Waals surface area (Å²) in [4.78, 5) is 32.3. The molecule has 1 atom stereocenters. The molecule has 0 aromatic carbocycles. The van der Waals surface area contributed by atoms with Crippen LogP contribution in [-0.2, 0) is 4.79 Å². The molecule has 6 nitrogen and oxygen atoms in total. The summed E-state index contributed by atoms with van der Waals surface area (Å²) in [6.45, 7) is 4.00. The Kier molecular flexibility index (Phi) is 5.40. The second kappa shape index (κ2) is 7.28. The number of nitrogens with zero attached hydrogens (tertiary/aromatic N) is 2. The number of hydrogen-bond acceptors (Lipinski definition) is 6. The van der Waals surface area contributed by atoms with Crippen LogP contribution in [0, 0.1) is 5.92 Å². The minimum atomic E-state index is -0.608. The maximum atomic E-state index is 12.3. The monoisotopic (exact) mass is 324 g/mol. The molecule has 0 saturated carbocycles. The van der Waals surface area contributed by atoms with Gasteiger partial charge in [0, 0.05) is 17.0 Å². The van der Waals surface area contributed by atoms with Gasteiger partial charge in [-0.05, 0) is 12.3 Å². The van der Waals surface area contributed by atoms with Crippen molar-refractivity contribution >= 4 is 39.6 Å². The summed E-state index contributed by atoms with van der Waals surface area (Å²) in [5.74, 6) is -0.328. The number of nitrogens with one attached hydrogen (secondary N) is 2. The van der Waals surface area contributed by atoms with Crippen LogP contribution in [0.15, 0.2) is 22.5 Å². The Morgan fingerprint density at radius 1 is 1.33 bits per heavy atom. The lowest BCUT2D eigenvalue weighted by molar-refractivity contribution is -0.118. The van der Waals surface area contributed by atoms with Gasteiger partial charge in [-0.15, -0.1) is 22.7 Å². The molecule has 2 amide bonds. The summed E-state index contributed by atoms with van der Waals surface area (Å²) in [5.41, 5.74) is 1.91. The lowest BCUT2D eigenvalue weighted by Gasteiger charge is -2.19. The fraction of sp³-hybridized carbons (Fsp3) is 0.385. The predicted octanol–water partition coefficient (Wildman–Crippen LogP) is 2.38. The van der Waals surface area contributed by atoms with Gasteiger partial charge in [0.2, 0.25) is 5.91 Å². The number of carbonyl (C=O) groups excluding carboxylic acids is 2. The van der Waals surface area contributed by atoms with Crippen LogP contribution >= 0.6 is 22.7 Å². The second-order valence-corrected chi connectivity index (χ2v) is 6.47. The van der Waals surface area contributed by atoms with Crippen molar-refractivity contribution in [1.82, 2.24) is 15.3 Å². The Labute approximate surface area is 130 Å². The zero-order valence-electron chi connectivity index (χ0n) is 11.7.